The molecule has 170 valence electrons. The van der Waals surface area contributed by atoms with Gasteiger partial charge in [-0.3, -0.25) is 14.4 Å². The Hall–Kier alpha value is -2.04. The first-order valence-electron chi connectivity index (χ1n) is 10.0. The van der Waals surface area contributed by atoms with Crippen LogP contribution in [0, 0.1) is 11.8 Å². The number of ether oxygens (including phenoxy) is 1. The van der Waals surface area contributed by atoms with Gasteiger partial charge in [0, 0.05) is 32.0 Å². The van der Waals surface area contributed by atoms with E-state index < -0.39 is 5.91 Å². The number of rotatable bonds is 12. The highest BCUT2D eigenvalue weighted by Gasteiger charge is 2.29. The van der Waals surface area contributed by atoms with E-state index in [1.54, 1.807) is 31.5 Å². The second-order valence-electron chi connectivity index (χ2n) is 7.94. The zero-order chi connectivity index (χ0) is 23.0. The standard InChI is InChI=1S/C20H35N5O4S/c1-11(2)14(8-15(29-7)20-24-13(10-30-20)18(21)27)25(6)16(26)9-23-19(28)17(22-5)12(3)4/h10-12,14-15,17,22H,8-9H2,1-7H3,(H2,21,27)(H,23,28). The molecule has 1 aromatic rings. The Labute approximate surface area is 182 Å². The Morgan fingerprint density at radius 3 is 2.30 bits per heavy atom. The van der Waals surface area contributed by atoms with Gasteiger partial charge in [0.2, 0.25) is 11.8 Å². The van der Waals surface area contributed by atoms with Gasteiger partial charge in [0.05, 0.1) is 12.6 Å². The molecule has 3 unspecified atom stereocenters. The molecule has 3 amide bonds. The minimum absolute atomic E-state index is 0.0792. The van der Waals surface area contributed by atoms with Crippen molar-refractivity contribution in [1.82, 2.24) is 20.5 Å². The van der Waals surface area contributed by atoms with Crippen molar-refractivity contribution in [3.05, 3.63) is 16.1 Å². The number of carbonyl (C=O) groups excluding carboxylic acids is 3. The first-order valence-corrected chi connectivity index (χ1v) is 10.9. The molecule has 0 aromatic carbocycles. The Balaban J connectivity index is 2.83. The molecule has 0 bridgehead atoms. The zero-order valence-corrected chi connectivity index (χ0v) is 19.7. The Morgan fingerprint density at radius 1 is 1.23 bits per heavy atom. The fourth-order valence-corrected chi connectivity index (χ4v) is 4.19. The van der Waals surface area contributed by atoms with Gasteiger partial charge in [-0.15, -0.1) is 11.3 Å². The lowest BCUT2D eigenvalue weighted by Crippen LogP contribution is -2.50. The smallest absolute Gasteiger partial charge is 0.268 e. The maximum absolute atomic E-state index is 12.7. The molecule has 0 aliphatic heterocycles. The summed E-state index contributed by atoms with van der Waals surface area (Å²) in [6.45, 7) is 7.84. The molecule has 0 spiro atoms. The fraction of sp³-hybridized carbons (Fsp3) is 0.700. The molecule has 3 atom stereocenters. The van der Waals surface area contributed by atoms with Crippen LogP contribution < -0.4 is 16.4 Å². The minimum Gasteiger partial charge on any atom is -0.374 e. The highest BCUT2D eigenvalue weighted by atomic mass is 32.1. The van der Waals surface area contributed by atoms with Crippen molar-refractivity contribution in [1.29, 1.82) is 0 Å². The van der Waals surface area contributed by atoms with Gasteiger partial charge in [0.1, 0.15) is 16.8 Å². The first-order chi connectivity index (χ1) is 14.0. The number of methoxy groups -OCH3 is 1. The van der Waals surface area contributed by atoms with Gasteiger partial charge in [-0.1, -0.05) is 27.7 Å². The molecule has 4 N–H and O–H groups in total. The molecule has 9 nitrogen and oxygen atoms in total. The fourth-order valence-electron chi connectivity index (χ4n) is 3.29. The van der Waals surface area contributed by atoms with Gasteiger partial charge in [0.15, 0.2) is 0 Å². The second-order valence-corrected chi connectivity index (χ2v) is 8.83. The van der Waals surface area contributed by atoms with Crippen molar-refractivity contribution in [3.8, 4) is 0 Å². The van der Waals surface area contributed by atoms with Crippen molar-refractivity contribution in [2.45, 2.75) is 52.3 Å². The summed E-state index contributed by atoms with van der Waals surface area (Å²) in [5.41, 5.74) is 5.49. The van der Waals surface area contributed by atoms with Gasteiger partial charge in [0.25, 0.3) is 5.91 Å². The lowest BCUT2D eigenvalue weighted by Gasteiger charge is -2.33. The van der Waals surface area contributed by atoms with Crippen LogP contribution in [0.15, 0.2) is 5.38 Å². The Morgan fingerprint density at radius 2 is 1.87 bits per heavy atom. The van der Waals surface area contributed by atoms with E-state index in [2.05, 4.69) is 15.6 Å². The molecule has 1 heterocycles. The number of carbonyl (C=O) groups is 3. The van der Waals surface area contributed by atoms with Crippen LogP contribution in [0.5, 0.6) is 0 Å². The number of nitrogens with two attached hydrogens (primary N) is 1. The molecular weight excluding hydrogens is 406 g/mol. The van der Waals surface area contributed by atoms with Crippen LogP contribution in [0.3, 0.4) is 0 Å². The van der Waals surface area contributed by atoms with Crippen molar-refractivity contribution < 1.29 is 19.1 Å². The third kappa shape index (κ3) is 7.03. The van der Waals surface area contributed by atoms with Gasteiger partial charge < -0.3 is 26.0 Å². The molecule has 0 saturated carbocycles. The minimum atomic E-state index is -0.586. The average Bonchev–Trinajstić information content (AvgIpc) is 3.16. The SMILES string of the molecule is CNC(C(=O)NCC(=O)N(C)C(CC(OC)c1nc(C(N)=O)cs1)C(C)C)C(C)C. The molecule has 30 heavy (non-hydrogen) atoms. The molecular formula is C20H35N5O4S. The number of nitrogens with one attached hydrogen (secondary N) is 2. The van der Waals surface area contributed by atoms with Crippen LogP contribution >= 0.6 is 11.3 Å². The van der Waals surface area contributed by atoms with Crippen molar-refractivity contribution in [3.63, 3.8) is 0 Å². The van der Waals surface area contributed by atoms with E-state index in [9.17, 15) is 14.4 Å². The number of hydrogen-bond donors (Lipinski definition) is 3. The molecule has 1 rings (SSSR count). The predicted molar refractivity (Wildman–Crippen MR) is 117 cm³/mol. The lowest BCUT2D eigenvalue weighted by atomic mass is 9.96. The van der Waals surface area contributed by atoms with E-state index in [0.29, 0.717) is 11.4 Å². The summed E-state index contributed by atoms with van der Waals surface area (Å²) in [6, 6.07) is -0.503. The second kappa shape index (κ2) is 12.0. The van der Waals surface area contributed by atoms with Gasteiger partial charge in [-0.2, -0.15) is 0 Å². The van der Waals surface area contributed by atoms with Crippen molar-refractivity contribution in [2.75, 3.05) is 27.7 Å². The number of aromatic nitrogens is 1. The first kappa shape index (κ1) is 26.0. The van der Waals surface area contributed by atoms with Crippen LogP contribution in [0.1, 0.15) is 55.7 Å². The maximum Gasteiger partial charge on any atom is 0.268 e. The summed E-state index contributed by atoms with van der Waals surface area (Å²) in [5, 5.41) is 7.92. The summed E-state index contributed by atoms with van der Waals surface area (Å²) < 4.78 is 5.59. The molecule has 0 fully saturated rings. The van der Waals surface area contributed by atoms with Crippen molar-refractivity contribution >= 4 is 29.1 Å². The van der Waals surface area contributed by atoms with Crippen LogP contribution in [-0.2, 0) is 14.3 Å². The molecule has 10 heteroatoms. The highest BCUT2D eigenvalue weighted by molar-refractivity contribution is 7.09. The zero-order valence-electron chi connectivity index (χ0n) is 18.9. The Bertz CT molecular complexity index is 722. The van der Waals surface area contributed by atoms with Crippen LogP contribution in [0.25, 0.3) is 0 Å². The number of amides is 3. The van der Waals surface area contributed by atoms with Crippen LogP contribution in [0.2, 0.25) is 0 Å². The van der Waals surface area contributed by atoms with Gasteiger partial charge in [-0.25, -0.2) is 4.98 Å². The third-order valence-electron chi connectivity index (χ3n) is 5.12. The third-order valence-corrected chi connectivity index (χ3v) is 6.06. The number of primary amides is 1. The van der Waals surface area contributed by atoms with Crippen molar-refractivity contribution in [2.24, 2.45) is 17.6 Å². The monoisotopic (exact) mass is 441 g/mol. The highest BCUT2D eigenvalue weighted by Crippen LogP contribution is 2.29. The summed E-state index contributed by atoms with van der Waals surface area (Å²) >= 11 is 1.30. The number of likely N-dealkylation sites (N-methyl/N-ethyl adjacent to an activating group) is 2. The van der Waals surface area contributed by atoms with Gasteiger partial charge >= 0.3 is 0 Å². The molecule has 0 radical (unpaired) electrons. The summed E-state index contributed by atoms with van der Waals surface area (Å²) in [6.07, 6.45) is 0.122. The van der Waals surface area contributed by atoms with Crippen LogP contribution in [-0.4, -0.2) is 67.4 Å². The molecule has 1 aromatic heterocycles. The maximum atomic E-state index is 12.7. The topological polar surface area (TPSA) is 127 Å². The average molecular weight is 442 g/mol. The molecule has 0 saturated heterocycles. The Kier molecular flexibility index (Phi) is 10.4. The number of nitrogens with zero attached hydrogens (tertiary/aromatic N) is 2. The summed E-state index contributed by atoms with van der Waals surface area (Å²) in [7, 11) is 5.01. The normalized spacial score (nSPS) is 14.4. The summed E-state index contributed by atoms with van der Waals surface area (Å²) in [5.74, 6) is -0.725. The van der Waals surface area contributed by atoms with E-state index in [0.717, 1.165) is 0 Å². The lowest BCUT2D eigenvalue weighted by molar-refractivity contribution is -0.135. The van der Waals surface area contributed by atoms with E-state index in [4.69, 9.17) is 10.5 Å². The molecule has 0 aliphatic carbocycles. The largest absolute Gasteiger partial charge is 0.374 e. The van der Waals surface area contributed by atoms with E-state index >= 15 is 0 Å². The van der Waals surface area contributed by atoms with Crippen LogP contribution in [0.4, 0.5) is 0 Å². The predicted octanol–water partition coefficient (Wildman–Crippen LogP) is 1.16. The van der Waals surface area contributed by atoms with E-state index in [-0.39, 0.29) is 54.1 Å². The summed E-state index contributed by atoms with van der Waals surface area (Å²) in [4.78, 5) is 42.3. The number of thiazole rings is 1. The quantitative estimate of drug-likeness (QED) is 0.447. The van der Waals surface area contributed by atoms with E-state index in [1.807, 2.05) is 27.7 Å². The van der Waals surface area contributed by atoms with Gasteiger partial charge in [-0.05, 0) is 18.9 Å². The van der Waals surface area contributed by atoms with E-state index in [1.165, 1.54) is 11.3 Å². The molecule has 0 aliphatic rings. The number of hydrogen-bond acceptors (Lipinski definition) is 7.